The van der Waals surface area contributed by atoms with Crippen LogP contribution in [0.15, 0.2) is 72.1 Å². The molecule has 9 heteroatoms. The largest absolute Gasteiger partial charge is 0.487 e. The fourth-order valence-corrected chi connectivity index (χ4v) is 6.16. The maximum atomic E-state index is 13.6. The Labute approximate surface area is 207 Å². The highest BCUT2D eigenvalue weighted by atomic mass is 32.2. The molecule has 186 valence electrons. The van der Waals surface area contributed by atoms with Crippen molar-refractivity contribution in [3.05, 3.63) is 72.8 Å². The Kier molecular flexibility index (Phi) is 7.81. The standard InChI is InChI=1S/C26H32N4O4S/c1-19-15-30(20(2)18-31)35(32,33)26-5-4-23(22-8-12-28-13-9-22)14-24(26)34-25(19)17-29(3)16-21-6-10-27-11-7-21/h4-14,19-20,25,31H,15-18H2,1-3H3/t19-,20-,25+/m0/s1. The number of fused-ring (bicyclic) bond motifs is 1. The van der Waals surface area contributed by atoms with E-state index in [1.165, 1.54) is 4.31 Å². The Bertz CT molecular complexity index is 1220. The molecule has 1 aromatic carbocycles. The molecule has 3 aromatic rings. The van der Waals surface area contributed by atoms with Crippen LogP contribution in [0.25, 0.3) is 11.1 Å². The summed E-state index contributed by atoms with van der Waals surface area (Å²) in [7, 11) is -1.85. The molecule has 0 radical (unpaired) electrons. The SMILES string of the molecule is C[C@H]1CN([C@@H](C)CO)S(=O)(=O)c2ccc(-c3ccncc3)cc2O[C@@H]1CN(C)Cc1ccncc1. The van der Waals surface area contributed by atoms with E-state index in [9.17, 15) is 13.5 Å². The fourth-order valence-electron chi connectivity index (χ4n) is 4.34. The van der Waals surface area contributed by atoms with E-state index < -0.39 is 16.1 Å². The van der Waals surface area contributed by atoms with Crippen molar-refractivity contribution >= 4 is 10.0 Å². The number of pyridine rings is 2. The number of hydrogen-bond donors (Lipinski definition) is 1. The van der Waals surface area contributed by atoms with Gasteiger partial charge in [0.2, 0.25) is 10.0 Å². The first-order chi connectivity index (χ1) is 16.8. The van der Waals surface area contributed by atoms with Crippen LogP contribution in [0.1, 0.15) is 19.4 Å². The van der Waals surface area contributed by atoms with Crippen molar-refractivity contribution in [2.45, 2.75) is 37.4 Å². The van der Waals surface area contributed by atoms with Gasteiger partial charge >= 0.3 is 0 Å². The third-order valence-corrected chi connectivity index (χ3v) is 8.39. The van der Waals surface area contributed by atoms with Crippen molar-refractivity contribution in [3.8, 4) is 16.9 Å². The molecule has 1 N–H and O–H groups in total. The van der Waals surface area contributed by atoms with Gasteiger partial charge in [-0.15, -0.1) is 0 Å². The summed E-state index contributed by atoms with van der Waals surface area (Å²) in [6, 6.07) is 12.3. The number of rotatable bonds is 7. The summed E-state index contributed by atoms with van der Waals surface area (Å²) in [6.07, 6.45) is 6.68. The summed E-state index contributed by atoms with van der Waals surface area (Å²) in [4.78, 5) is 10.4. The molecule has 8 nitrogen and oxygen atoms in total. The number of benzene rings is 1. The smallest absolute Gasteiger partial charge is 0.247 e. The zero-order valence-electron chi connectivity index (χ0n) is 20.3. The lowest BCUT2D eigenvalue weighted by molar-refractivity contribution is 0.0734. The zero-order chi connectivity index (χ0) is 25.0. The van der Waals surface area contributed by atoms with Crippen molar-refractivity contribution in [1.29, 1.82) is 0 Å². The predicted octanol–water partition coefficient (Wildman–Crippen LogP) is 3.04. The van der Waals surface area contributed by atoms with Gasteiger partial charge in [-0.2, -0.15) is 4.31 Å². The quantitative estimate of drug-likeness (QED) is 0.537. The van der Waals surface area contributed by atoms with Gasteiger partial charge in [0.1, 0.15) is 16.7 Å². The normalized spacial score (nSPS) is 20.9. The molecule has 0 spiro atoms. The fraction of sp³-hybridized carbons (Fsp3) is 0.385. The highest BCUT2D eigenvalue weighted by Gasteiger charge is 2.38. The van der Waals surface area contributed by atoms with Crippen molar-refractivity contribution < 1.29 is 18.3 Å². The molecule has 0 bridgehead atoms. The van der Waals surface area contributed by atoms with Crippen molar-refractivity contribution in [2.24, 2.45) is 5.92 Å². The van der Waals surface area contributed by atoms with E-state index >= 15 is 0 Å². The lowest BCUT2D eigenvalue weighted by Crippen LogP contribution is -2.49. The Hall–Kier alpha value is -2.85. The van der Waals surface area contributed by atoms with E-state index in [-0.39, 0.29) is 30.1 Å². The average molecular weight is 497 g/mol. The third kappa shape index (κ3) is 5.70. The second-order valence-electron chi connectivity index (χ2n) is 9.19. The van der Waals surface area contributed by atoms with Crippen molar-refractivity contribution in [2.75, 3.05) is 26.7 Å². The van der Waals surface area contributed by atoms with Gasteiger partial charge in [0.15, 0.2) is 0 Å². The van der Waals surface area contributed by atoms with Crippen LogP contribution in [0.3, 0.4) is 0 Å². The van der Waals surface area contributed by atoms with Gasteiger partial charge in [-0.1, -0.05) is 13.0 Å². The number of ether oxygens (including phenoxy) is 1. The van der Waals surface area contributed by atoms with E-state index in [0.29, 0.717) is 18.8 Å². The van der Waals surface area contributed by atoms with Crippen LogP contribution in [-0.4, -0.2) is 71.6 Å². The summed E-state index contributed by atoms with van der Waals surface area (Å²) < 4.78 is 35.2. The van der Waals surface area contributed by atoms with Gasteiger partial charge in [-0.25, -0.2) is 8.42 Å². The van der Waals surface area contributed by atoms with Crippen LogP contribution >= 0.6 is 0 Å². The van der Waals surface area contributed by atoms with E-state index in [2.05, 4.69) is 14.9 Å². The Morgan fingerprint density at radius 2 is 1.74 bits per heavy atom. The van der Waals surface area contributed by atoms with E-state index in [1.807, 2.05) is 38.2 Å². The molecule has 0 saturated heterocycles. The monoisotopic (exact) mass is 496 g/mol. The molecule has 1 aliphatic heterocycles. The molecule has 0 amide bonds. The first kappa shape index (κ1) is 25.2. The maximum absolute atomic E-state index is 13.6. The van der Waals surface area contributed by atoms with Crippen LogP contribution < -0.4 is 4.74 Å². The van der Waals surface area contributed by atoms with Crippen LogP contribution in [-0.2, 0) is 16.6 Å². The van der Waals surface area contributed by atoms with Crippen molar-refractivity contribution in [1.82, 2.24) is 19.2 Å². The molecule has 2 aromatic heterocycles. The number of aliphatic hydroxyl groups excluding tert-OH is 1. The second kappa shape index (κ2) is 10.8. The van der Waals surface area contributed by atoms with E-state index in [0.717, 1.165) is 16.7 Å². The van der Waals surface area contributed by atoms with Crippen LogP contribution in [0.5, 0.6) is 5.75 Å². The Balaban J connectivity index is 1.72. The first-order valence-corrected chi connectivity index (χ1v) is 13.1. The van der Waals surface area contributed by atoms with Gasteiger partial charge in [-0.05, 0) is 67.1 Å². The lowest BCUT2D eigenvalue weighted by atomic mass is 10.0. The molecular weight excluding hydrogens is 464 g/mol. The Morgan fingerprint density at radius 1 is 1.09 bits per heavy atom. The number of hydrogen-bond acceptors (Lipinski definition) is 7. The van der Waals surface area contributed by atoms with Gasteiger partial charge in [-0.3, -0.25) is 14.9 Å². The molecule has 4 rings (SSSR count). The minimum absolute atomic E-state index is 0.114. The minimum Gasteiger partial charge on any atom is -0.487 e. The van der Waals surface area contributed by atoms with Crippen LogP contribution in [0.4, 0.5) is 0 Å². The molecule has 0 aliphatic carbocycles. The number of likely N-dealkylation sites (N-methyl/N-ethyl adjacent to an activating group) is 1. The second-order valence-corrected chi connectivity index (χ2v) is 11.0. The topological polar surface area (TPSA) is 95.9 Å². The van der Waals surface area contributed by atoms with Crippen LogP contribution in [0.2, 0.25) is 0 Å². The number of sulfonamides is 1. The van der Waals surface area contributed by atoms with Gasteiger partial charge in [0.05, 0.1) is 6.61 Å². The summed E-state index contributed by atoms with van der Waals surface area (Å²) in [5.74, 6) is 0.208. The first-order valence-electron chi connectivity index (χ1n) is 11.7. The highest BCUT2D eigenvalue weighted by molar-refractivity contribution is 7.89. The van der Waals surface area contributed by atoms with Gasteiger partial charge in [0, 0.05) is 56.4 Å². The van der Waals surface area contributed by atoms with Crippen LogP contribution in [0, 0.1) is 5.92 Å². The minimum atomic E-state index is -3.87. The van der Waals surface area contributed by atoms with E-state index in [4.69, 9.17) is 4.74 Å². The average Bonchev–Trinajstić information content (AvgIpc) is 2.86. The Morgan fingerprint density at radius 3 is 2.40 bits per heavy atom. The molecular formula is C26H32N4O4S. The summed E-state index contributed by atoms with van der Waals surface area (Å²) in [5, 5.41) is 9.83. The molecule has 0 fully saturated rings. The predicted molar refractivity (Wildman–Crippen MR) is 134 cm³/mol. The van der Waals surface area contributed by atoms with Gasteiger partial charge < -0.3 is 9.84 Å². The number of aliphatic hydroxyl groups is 1. The molecule has 0 unspecified atom stereocenters. The zero-order valence-corrected chi connectivity index (χ0v) is 21.1. The molecule has 3 atom stereocenters. The summed E-state index contributed by atoms with van der Waals surface area (Å²) in [6.45, 7) is 5.03. The maximum Gasteiger partial charge on any atom is 0.247 e. The molecule has 0 saturated carbocycles. The lowest BCUT2D eigenvalue weighted by Gasteiger charge is -2.37. The summed E-state index contributed by atoms with van der Waals surface area (Å²) in [5.41, 5.74) is 2.91. The summed E-state index contributed by atoms with van der Waals surface area (Å²) >= 11 is 0. The number of nitrogens with zero attached hydrogens (tertiary/aromatic N) is 4. The molecule has 35 heavy (non-hydrogen) atoms. The molecule has 3 heterocycles. The third-order valence-electron chi connectivity index (χ3n) is 6.37. The number of aromatic nitrogens is 2. The molecule has 1 aliphatic rings. The van der Waals surface area contributed by atoms with Crippen molar-refractivity contribution in [3.63, 3.8) is 0 Å². The van der Waals surface area contributed by atoms with Gasteiger partial charge in [0.25, 0.3) is 0 Å². The van der Waals surface area contributed by atoms with E-state index in [1.54, 1.807) is 49.9 Å². The highest BCUT2D eigenvalue weighted by Crippen LogP contribution is 2.36.